The molecule has 0 aromatic heterocycles. The minimum atomic E-state index is -0.766. The van der Waals surface area contributed by atoms with Gasteiger partial charge in [-0.25, -0.2) is 9.59 Å². The van der Waals surface area contributed by atoms with Crippen molar-refractivity contribution < 1.29 is 33.4 Å². The maximum atomic E-state index is 14.0. The third-order valence-corrected chi connectivity index (χ3v) is 8.18. The fourth-order valence-corrected chi connectivity index (χ4v) is 5.62. The molecule has 10 heteroatoms. The maximum absolute atomic E-state index is 14.0. The third-order valence-electron chi connectivity index (χ3n) is 8.18. The highest BCUT2D eigenvalue weighted by molar-refractivity contribution is 5.89. The summed E-state index contributed by atoms with van der Waals surface area (Å²) in [6.07, 6.45) is 3.25. The maximum Gasteiger partial charge on any atom is 0.407 e. The average molecular weight is 644 g/mol. The second-order valence-corrected chi connectivity index (χ2v) is 11.6. The van der Waals surface area contributed by atoms with E-state index in [0.29, 0.717) is 58.0 Å². The van der Waals surface area contributed by atoms with E-state index in [1.54, 1.807) is 4.90 Å². The number of alkyl carbamates (subject to hydrolysis) is 1. The van der Waals surface area contributed by atoms with E-state index >= 15 is 0 Å². The fraction of sp³-hybridized carbons (Fsp3) is 0.405. The topological polar surface area (TPSA) is 123 Å². The van der Waals surface area contributed by atoms with Crippen LogP contribution in [0.2, 0.25) is 0 Å². The van der Waals surface area contributed by atoms with Gasteiger partial charge in [0, 0.05) is 13.1 Å². The van der Waals surface area contributed by atoms with Crippen LogP contribution in [-0.2, 0) is 48.2 Å². The number of carbonyl (C=O) groups is 4. The molecule has 3 aromatic rings. The van der Waals surface area contributed by atoms with Gasteiger partial charge in [-0.1, -0.05) is 91.0 Å². The molecule has 47 heavy (non-hydrogen) atoms. The zero-order valence-electron chi connectivity index (χ0n) is 27.0. The van der Waals surface area contributed by atoms with Gasteiger partial charge in [-0.3, -0.25) is 14.9 Å². The Morgan fingerprint density at radius 1 is 0.766 bits per heavy atom. The highest BCUT2D eigenvalue weighted by Gasteiger charge is 2.39. The second kappa shape index (κ2) is 19.1. The van der Waals surface area contributed by atoms with Gasteiger partial charge in [0.05, 0.1) is 13.2 Å². The lowest BCUT2D eigenvalue weighted by Gasteiger charge is -2.30. The molecule has 0 unspecified atom stereocenters. The molecule has 1 aliphatic heterocycles. The first-order valence-electron chi connectivity index (χ1n) is 16.3. The summed E-state index contributed by atoms with van der Waals surface area (Å²) in [6, 6.07) is 26.5. The van der Waals surface area contributed by atoms with Gasteiger partial charge in [0.15, 0.2) is 0 Å². The number of ether oxygens (including phenoxy) is 3. The molecular formula is C37H45N3O7. The predicted molar refractivity (Wildman–Crippen MR) is 177 cm³/mol. The van der Waals surface area contributed by atoms with Crippen molar-refractivity contribution in [2.75, 3.05) is 20.2 Å². The molecule has 1 heterocycles. The van der Waals surface area contributed by atoms with Gasteiger partial charge in [0.1, 0.15) is 25.3 Å². The third kappa shape index (κ3) is 11.6. The zero-order valence-corrected chi connectivity index (χ0v) is 27.0. The minimum absolute atomic E-state index is 0.115. The standard InChI is InChI=1S/C37H45N3O7/c1-45-36(43)33-21-13-25-40(33)34(41)31(20-11-12-24-38-37(44)47-27-30-18-9-4-10-19-30)39-32(23-22-28-14-5-2-6-15-28)35(42)46-26-29-16-7-3-8-17-29/h2-10,14-19,31-33,39H,11-13,20-27H2,1H3,(H,38,44)/t31-,32-,33-/m0/s1. The number of nitrogens with zero attached hydrogens (tertiary/aromatic N) is 1. The van der Waals surface area contributed by atoms with Gasteiger partial charge >= 0.3 is 18.0 Å². The Balaban J connectivity index is 1.40. The first-order valence-corrected chi connectivity index (χ1v) is 16.3. The van der Waals surface area contributed by atoms with Gasteiger partial charge in [-0.15, -0.1) is 0 Å². The van der Waals surface area contributed by atoms with Crippen molar-refractivity contribution in [3.63, 3.8) is 0 Å². The molecule has 1 aliphatic rings. The summed E-state index contributed by atoms with van der Waals surface area (Å²) in [4.78, 5) is 53.8. The van der Waals surface area contributed by atoms with Crippen LogP contribution in [0.5, 0.6) is 0 Å². The lowest BCUT2D eigenvalue weighted by Crippen LogP contribution is -2.54. The Bertz CT molecular complexity index is 1410. The summed E-state index contributed by atoms with van der Waals surface area (Å²) in [5.41, 5.74) is 2.82. The van der Waals surface area contributed by atoms with Gasteiger partial charge < -0.3 is 24.4 Å². The van der Waals surface area contributed by atoms with Crippen LogP contribution in [0.1, 0.15) is 55.2 Å². The van der Waals surface area contributed by atoms with Crippen molar-refractivity contribution >= 4 is 23.9 Å². The molecule has 3 aromatic carbocycles. The van der Waals surface area contributed by atoms with Gasteiger partial charge in [-0.05, 0) is 61.6 Å². The molecule has 2 amide bonds. The van der Waals surface area contributed by atoms with Gasteiger partial charge in [-0.2, -0.15) is 0 Å². The number of hydrogen-bond acceptors (Lipinski definition) is 8. The zero-order chi connectivity index (χ0) is 33.3. The second-order valence-electron chi connectivity index (χ2n) is 11.6. The van der Waals surface area contributed by atoms with Crippen molar-refractivity contribution in [2.45, 2.75) is 76.3 Å². The average Bonchev–Trinajstić information content (AvgIpc) is 3.61. The minimum Gasteiger partial charge on any atom is -0.467 e. The number of benzene rings is 3. The lowest BCUT2D eigenvalue weighted by molar-refractivity contribution is -0.153. The first-order chi connectivity index (χ1) is 22.9. The number of nitrogens with one attached hydrogen (secondary N) is 2. The number of rotatable bonds is 17. The van der Waals surface area contributed by atoms with E-state index in [0.717, 1.165) is 16.7 Å². The van der Waals surface area contributed by atoms with Crippen LogP contribution < -0.4 is 10.6 Å². The number of esters is 2. The summed E-state index contributed by atoms with van der Waals surface area (Å²) in [5.74, 6) is -1.15. The SMILES string of the molecule is COC(=O)[C@@H]1CCCN1C(=O)[C@H](CCCCNC(=O)OCc1ccccc1)N[C@@H](CCc1ccccc1)C(=O)OCc1ccccc1. The van der Waals surface area contributed by atoms with Crippen LogP contribution in [0.25, 0.3) is 0 Å². The molecule has 0 saturated carbocycles. The highest BCUT2D eigenvalue weighted by Crippen LogP contribution is 2.21. The van der Waals surface area contributed by atoms with Gasteiger partial charge in [0.25, 0.3) is 0 Å². The monoisotopic (exact) mass is 643 g/mol. The van der Waals surface area contributed by atoms with E-state index in [4.69, 9.17) is 14.2 Å². The Labute approximate surface area is 276 Å². The number of carbonyl (C=O) groups excluding carboxylic acids is 4. The molecule has 2 N–H and O–H groups in total. The molecule has 10 nitrogen and oxygen atoms in total. The van der Waals surface area contributed by atoms with Crippen LogP contribution >= 0.6 is 0 Å². The van der Waals surface area contributed by atoms with Gasteiger partial charge in [0.2, 0.25) is 5.91 Å². The Morgan fingerprint density at radius 2 is 1.36 bits per heavy atom. The fourth-order valence-electron chi connectivity index (χ4n) is 5.62. The normalized spacial score (nSPS) is 15.3. The molecule has 0 aliphatic carbocycles. The molecular weight excluding hydrogens is 598 g/mol. The first kappa shape index (κ1) is 35.2. The summed E-state index contributed by atoms with van der Waals surface area (Å²) in [5, 5.41) is 6.08. The Hall–Kier alpha value is -4.70. The molecule has 250 valence electrons. The van der Waals surface area contributed by atoms with Crippen LogP contribution in [0.15, 0.2) is 91.0 Å². The smallest absolute Gasteiger partial charge is 0.407 e. The van der Waals surface area contributed by atoms with E-state index < -0.39 is 36.2 Å². The van der Waals surface area contributed by atoms with Crippen molar-refractivity contribution in [3.8, 4) is 0 Å². The number of unbranched alkanes of at least 4 members (excludes halogenated alkanes) is 1. The number of amides is 2. The van der Waals surface area contributed by atoms with Crippen LogP contribution in [-0.4, -0.2) is 67.2 Å². The Morgan fingerprint density at radius 3 is 1.98 bits per heavy atom. The van der Waals surface area contributed by atoms with Crippen LogP contribution in [0.3, 0.4) is 0 Å². The quantitative estimate of drug-likeness (QED) is 0.120. The van der Waals surface area contributed by atoms with Crippen molar-refractivity contribution in [2.24, 2.45) is 0 Å². The van der Waals surface area contributed by atoms with Crippen molar-refractivity contribution in [1.29, 1.82) is 0 Å². The van der Waals surface area contributed by atoms with E-state index in [9.17, 15) is 19.2 Å². The van der Waals surface area contributed by atoms with Crippen molar-refractivity contribution in [3.05, 3.63) is 108 Å². The Kier molecular flexibility index (Phi) is 14.3. The van der Waals surface area contributed by atoms with E-state index in [2.05, 4.69) is 10.6 Å². The largest absolute Gasteiger partial charge is 0.467 e. The number of methoxy groups -OCH3 is 1. The van der Waals surface area contributed by atoms with E-state index in [-0.39, 0.29) is 19.1 Å². The number of aryl methyl sites for hydroxylation is 1. The molecule has 0 radical (unpaired) electrons. The van der Waals surface area contributed by atoms with Crippen molar-refractivity contribution in [1.82, 2.24) is 15.5 Å². The lowest BCUT2D eigenvalue weighted by atomic mass is 10.0. The van der Waals surface area contributed by atoms with Crippen LogP contribution in [0, 0.1) is 0 Å². The molecule has 1 saturated heterocycles. The van der Waals surface area contributed by atoms with Crippen LogP contribution in [0.4, 0.5) is 4.79 Å². The number of likely N-dealkylation sites (tertiary alicyclic amines) is 1. The van der Waals surface area contributed by atoms with E-state index in [1.807, 2.05) is 91.0 Å². The summed E-state index contributed by atoms with van der Waals surface area (Å²) >= 11 is 0. The summed E-state index contributed by atoms with van der Waals surface area (Å²) < 4.78 is 16.0. The molecule has 0 bridgehead atoms. The summed E-state index contributed by atoms with van der Waals surface area (Å²) in [7, 11) is 1.32. The van der Waals surface area contributed by atoms with E-state index in [1.165, 1.54) is 7.11 Å². The molecule has 1 fully saturated rings. The predicted octanol–water partition coefficient (Wildman–Crippen LogP) is 4.95. The molecule has 4 rings (SSSR count). The highest BCUT2D eigenvalue weighted by atomic mass is 16.5. The summed E-state index contributed by atoms with van der Waals surface area (Å²) in [6.45, 7) is 1.08. The molecule has 0 spiro atoms. The molecule has 3 atom stereocenters. The number of hydrogen-bond donors (Lipinski definition) is 2.